The molecule has 1 aromatic carbocycles. The molecule has 2 aromatic rings. The molecule has 0 saturated carbocycles. The molecule has 16 heavy (non-hydrogen) atoms. The Balaban J connectivity index is 0.000000212. The minimum Gasteiger partial charge on any atom is -0.744 e. The zero-order valence-corrected chi connectivity index (χ0v) is 10.2. The van der Waals surface area contributed by atoms with Crippen molar-refractivity contribution in [2.45, 2.75) is 11.8 Å². The van der Waals surface area contributed by atoms with Crippen LogP contribution in [0.15, 0.2) is 46.8 Å². The molecule has 0 aliphatic carbocycles. The van der Waals surface area contributed by atoms with Gasteiger partial charge in [0.05, 0.1) is 10.3 Å². The summed E-state index contributed by atoms with van der Waals surface area (Å²) in [6.07, 6.45) is 1.89. The second kappa shape index (κ2) is 5.74. The third-order valence-corrected chi connectivity index (χ3v) is 3.10. The lowest BCUT2D eigenvalue weighted by atomic mass is 10.2. The Morgan fingerprint density at radius 1 is 1.25 bits per heavy atom. The van der Waals surface area contributed by atoms with Crippen molar-refractivity contribution in [3.8, 4) is 0 Å². The molecule has 0 aliphatic rings. The summed E-state index contributed by atoms with van der Waals surface area (Å²) in [5.74, 6) is 0. The van der Waals surface area contributed by atoms with E-state index in [1.807, 2.05) is 24.6 Å². The maximum Gasteiger partial charge on any atom is 0.181 e. The van der Waals surface area contributed by atoms with Gasteiger partial charge in [-0.15, -0.1) is 0 Å². The van der Waals surface area contributed by atoms with Crippen LogP contribution >= 0.6 is 11.5 Å². The van der Waals surface area contributed by atoms with Gasteiger partial charge in [0.25, 0.3) is 0 Å². The zero-order chi connectivity index (χ0) is 12.0. The molecule has 0 aliphatic heterocycles. The topological polar surface area (TPSA) is 71.3 Å². The van der Waals surface area contributed by atoms with Crippen LogP contribution < -0.4 is 4.37 Å². The Hall–Kier alpha value is -1.24. The molecular weight excluding hydrogens is 246 g/mol. The van der Waals surface area contributed by atoms with E-state index in [0.29, 0.717) is 0 Å². The molecule has 6 heteroatoms. The van der Waals surface area contributed by atoms with Crippen molar-refractivity contribution in [2.24, 2.45) is 0 Å². The van der Waals surface area contributed by atoms with Crippen LogP contribution in [0.1, 0.15) is 5.56 Å². The summed E-state index contributed by atoms with van der Waals surface area (Å²) in [5.41, 5.74) is 0.928. The number of hydrogen-bond donors (Lipinski definition) is 0. The molecule has 1 N–H and O–H groups in total. The number of aromatic nitrogens is 1. The van der Waals surface area contributed by atoms with Gasteiger partial charge in [-0.25, -0.2) is 8.42 Å². The zero-order valence-electron chi connectivity index (χ0n) is 8.58. The van der Waals surface area contributed by atoms with Crippen molar-refractivity contribution in [2.75, 3.05) is 0 Å². The highest BCUT2D eigenvalue weighted by Crippen LogP contribution is 2.08. The van der Waals surface area contributed by atoms with Crippen molar-refractivity contribution < 1.29 is 17.3 Å². The lowest BCUT2D eigenvalue weighted by molar-refractivity contribution is -0.289. The van der Waals surface area contributed by atoms with Gasteiger partial charge in [-0.3, -0.25) is 0 Å². The summed E-state index contributed by atoms with van der Waals surface area (Å²) in [5, 5.41) is 1.99. The van der Waals surface area contributed by atoms with Crippen LogP contribution in [0.4, 0.5) is 0 Å². The van der Waals surface area contributed by atoms with Crippen molar-refractivity contribution in [1.29, 1.82) is 0 Å². The summed E-state index contributed by atoms with van der Waals surface area (Å²) in [6.45, 7) is 1.82. The standard InChI is InChI=1S/C7H8O3S.C3H3NS/c1-6-2-4-7(5-3-6)11(8,9)10;1-2-4-5-3-1/h2-5H,1H3,(H,8,9,10);1-3H. The Bertz CT molecular complexity index is 486. The Morgan fingerprint density at radius 2 is 1.88 bits per heavy atom. The van der Waals surface area contributed by atoms with Gasteiger partial charge < -0.3 is 4.55 Å². The lowest BCUT2D eigenvalue weighted by Gasteiger charge is -2.05. The maximum absolute atomic E-state index is 10.4. The lowest BCUT2D eigenvalue weighted by Crippen LogP contribution is -1.97. The maximum atomic E-state index is 10.4. The van der Waals surface area contributed by atoms with E-state index in [2.05, 4.69) is 4.37 Å². The van der Waals surface area contributed by atoms with E-state index in [0.717, 1.165) is 5.56 Å². The minimum absolute atomic E-state index is 0.178. The number of H-pyrrole nitrogens is 1. The summed E-state index contributed by atoms with van der Waals surface area (Å²) in [4.78, 5) is -0.178. The van der Waals surface area contributed by atoms with Crippen LogP contribution in [0.3, 0.4) is 0 Å². The molecule has 0 radical (unpaired) electrons. The van der Waals surface area contributed by atoms with E-state index in [4.69, 9.17) is 0 Å². The largest absolute Gasteiger partial charge is 0.744 e. The Morgan fingerprint density at radius 3 is 2.19 bits per heavy atom. The van der Waals surface area contributed by atoms with Crippen LogP contribution in [-0.2, 0) is 10.1 Å². The van der Waals surface area contributed by atoms with Crippen LogP contribution in [0.5, 0.6) is 0 Å². The SMILES string of the molecule is Cc1ccc(S(=O)(=O)[O-])cc1.c1c[nH+]sc1. The Kier molecular flexibility index (Phi) is 4.60. The highest BCUT2D eigenvalue weighted by molar-refractivity contribution is 7.85. The number of hydrogen-bond acceptors (Lipinski definition) is 4. The van der Waals surface area contributed by atoms with E-state index >= 15 is 0 Å². The van der Waals surface area contributed by atoms with Gasteiger partial charge in [-0.1, -0.05) is 17.7 Å². The first kappa shape index (κ1) is 12.8. The fraction of sp³-hybridized carbons (Fsp3) is 0.100. The summed E-state index contributed by atoms with van der Waals surface area (Å²) >= 11 is 1.59. The molecule has 0 saturated heterocycles. The molecule has 2 rings (SSSR count). The Labute approximate surface area is 98.5 Å². The molecule has 0 fully saturated rings. The third kappa shape index (κ3) is 4.52. The summed E-state index contributed by atoms with van der Waals surface area (Å²) in [7, 11) is -4.27. The van der Waals surface area contributed by atoms with Gasteiger partial charge >= 0.3 is 0 Å². The molecule has 0 atom stereocenters. The fourth-order valence-electron chi connectivity index (χ4n) is 0.901. The van der Waals surface area contributed by atoms with Gasteiger partial charge in [-0.2, -0.15) is 4.37 Å². The highest BCUT2D eigenvalue weighted by atomic mass is 32.2. The fourth-order valence-corrected chi connectivity index (χ4v) is 1.76. The molecule has 1 aromatic heterocycles. The minimum atomic E-state index is -4.27. The molecule has 86 valence electrons. The van der Waals surface area contributed by atoms with Crippen molar-refractivity contribution in [3.63, 3.8) is 0 Å². The monoisotopic (exact) mass is 257 g/mol. The number of nitrogens with one attached hydrogen (secondary N) is 1. The first-order valence-corrected chi connectivity index (χ1v) is 6.71. The molecule has 0 unspecified atom stereocenters. The summed E-state index contributed by atoms with van der Waals surface area (Å²) < 4.78 is 34.1. The normalized spacial score (nSPS) is 10.4. The first-order valence-electron chi connectivity index (χ1n) is 4.42. The van der Waals surface area contributed by atoms with Gasteiger partial charge in [-0.05, 0) is 19.1 Å². The van der Waals surface area contributed by atoms with Crippen molar-refractivity contribution in [1.82, 2.24) is 0 Å². The number of rotatable bonds is 1. The predicted octanol–water partition coefficient (Wildman–Crippen LogP) is 1.46. The van der Waals surface area contributed by atoms with E-state index < -0.39 is 10.1 Å². The van der Waals surface area contributed by atoms with E-state index in [1.165, 1.54) is 12.1 Å². The van der Waals surface area contributed by atoms with Gasteiger partial charge in [0, 0.05) is 6.07 Å². The molecule has 0 amide bonds. The highest BCUT2D eigenvalue weighted by Gasteiger charge is 1.97. The number of aryl methyl sites for hydroxylation is 1. The smallest absolute Gasteiger partial charge is 0.181 e. The van der Waals surface area contributed by atoms with Gasteiger partial charge in [0.2, 0.25) is 0 Å². The van der Waals surface area contributed by atoms with E-state index in [-0.39, 0.29) is 4.90 Å². The molecule has 1 heterocycles. The van der Waals surface area contributed by atoms with Crippen molar-refractivity contribution >= 4 is 21.7 Å². The number of benzene rings is 1. The second-order valence-electron chi connectivity index (χ2n) is 3.00. The van der Waals surface area contributed by atoms with E-state index in [1.54, 1.807) is 23.7 Å². The average molecular weight is 257 g/mol. The van der Waals surface area contributed by atoms with E-state index in [9.17, 15) is 13.0 Å². The predicted molar refractivity (Wildman–Crippen MR) is 60.0 cm³/mol. The van der Waals surface area contributed by atoms with Gasteiger partial charge in [0.1, 0.15) is 21.7 Å². The van der Waals surface area contributed by atoms with Gasteiger partial charge in [0.15, 0.2) is 6.20 Å². The van der Waals surface area contributed by atoms with Crippen molar-refractivity contribution in [3.05, 3.63) is 47.5 Å². The number of aromatic amines is 1. The average Bonchev–Trinajstić information content (AvgIpc) is 2.74. The first-order chi connectivity index (χ1) is 7.50. The second-order valence-corrected chi connectivity index (χ2v) is 5.12. The van der Waals surface area contributed by atoms with Crippen LogP contribution in [0.2, 0.25) is 0 Å². The molecule has 4 nitrogen and oxygen atoms in total. The molecule has 0 bridgehead atoms. The summed E-state index contributed by atoms with van der Waals surface area (Å²) in [6, 6.07) is 7.75. The van der Waals surface area contributed by atoms with Crippen LogP contribution in [0, 0.1) is 6.92 Å². The molecular formula is C10H11NO3S2. The molecule has 0 spiro atoms. The third-order valence-electron chi connectivity index (χ3n) is 1.69. The van der Waals surface area contributed by atoms with Crippen LogP contribution in [-0.4, -0.2) is 13.0 Å². The van der Waals surface area contributed by atoms with Crippen LogP contribution in [0.25, 0.3) is 0 Å². The quantitative estimate of drug-likeness (QED) is 0.726.